The van der Waals surface area contributed by atoms with Crippen molar-refractivity contribution in [3.05, 3.63) is 54.0 Å². The first-order chi connectivity index (χ1) is 12.4. The lowest BCUT2D eigenvalue weighted by molar-refractivity contribution is 0.0693. The van der Waals surface area contributed by atoms with E-state index in [0.29, 0.717) is 10.6 Å². The molecule has 1 aliphatic rings. The van der Waals surface area contributed by atoms with Crippen LogP contribution in [-0.2, 0) is 10.0 Å². The van der Waals surface area contributed by atoms with Crippen LogP contribution in [0.2, 0.25) is 0 Å². The third-order valence-electron chi connectivity index (χ3n) is 4.18. The minimum Gasteiger partial charge on any atom is -0.336 e. The van der Waals surface area contributed by atoms with E-state index in [1.54, 1.807) is 23.2 Å². The summed E-state index contributed by atoms with van der Waals surface area (Å²) in [5.41, 5.74) is 0.505. The minimum atomic E-state index is -3.92. The van der Waals surface area contributed by atoms with Crippen LogP contribution in [0.15, 0.2) is 52.5 Å². The van der Waals surface area contributed by atoms with E-state index in [4.69, 9.17) is 0 Å². The summed E-state index contributed by atoms with van der Waals surface area (Å²) in [5, 5.41) is 0.638. The second kappa shape index (κ2) is 7.73. The first-order valence-electron chi connectivity index (χ1n) is 7.98. The normalized spacial score (nSPS) is 15.8. The Morgan fingerprint density at radius 1 is 1.12 bits per heavy atom. The lowest BCUT2D eigenvalue weighted by Crippen LogP contribution is -2.50. The molecule has 1 aliphatic heterocycles. The molecule has 0 bridgehead atoms. The monoisotopic (exact) mass is 395 g/mol. The fraction of sp³-hybridized carbons (Fsp3) is 0.294. The second-order valence-corrected chi connectivity index (χ2v) is 8.39. The molecular weight excluding hydrogens is 377 g/mol. The number of hydrogen-bond acceptors (Lipinski definition) is 5. The highest BCUT2D eigenvalue weighted by molar-refractivity contribution is 7.98. The Balaban J connectivity index is 1.73. The fourth-order valence-corrected chi connectivity index (χ4v) is 4.84. The lowest BCUT2D eigenvalue weighted by atomic mass is 10.2. The summed E-state index contributed by atoms with van der Waals surface area (Å²) in [6.45, 7) is 0.735. The van der Waals surface area contributed by atoms with Gasteiger partial charge in [-0.05, 0) is 30.5 Å². The number of nitrogens with zero attached hydrogens (tertiary/aromatic N) is 3. The maximum atomic E-state index is 13.9. The van der Waals surface area contributed by atoms with Gasteiger partial charge in [0.1, 0.15) is 15.7 Å². The average Bonchev–Trinajstić information content (AvgIpc) is 2.67. The number of halogens is 1. The molecule has 26 heavy (non-hydrogen) atoms. The second-order valence-electron chi connectivity index (χ2n) is 5.69. The molecule has 0 spiro atoms. The highest BCUT2D eigenvalue weighted by Crippen LogP contribution is 2.22. The van der Waals surface area contributed by atoms with Crippen molar-refractivity contribution in [2.75, 3.05) is 32.4 Å². The van der Waals surface area contributed by atoms with Crippen molar-refractivity contribution in [3.63, 3.8) is 0 Å². The number of pyridine rings is 1. The Bertz CT molecular complexity index is 913. The highest BCUT2D eigenvalue weighted by atomic mass is 32.2. The van der Waals surface area contributed by atoms with Crippen LogP contribution in [-0.4, -0.2) is 60.9 Å². The number of thioether (sulfide) groups is 1. The van der Waals surface area contributed by atoms with Gasteiger partial charge in [0.25, 0.3) is 5.91 Å². The minimum absolute atomic E-state index is 0.122. The van der Waals surface area contributed by atoms with E-state index in [2.05, 4.69) is 4.98 Å². The number of rotatable bonds is 4. The van der Waals surface area contributed by atoms with Crippen LogP contribution in [0, 0.1) is 5.82 Å². The molecule has 1 amide bonds. The number of hydrogen-bond donors (Lipinski definition) is 0. The zero-order valence-electron chi connectivity index (χ0n) is 14.1. The summed E-state index contributed by atoms with van der Waals surface area (Å²) < 4.78 is 40.3. The number of piperazine rings is 1. The van der Waals surface area contributed by atoms with Gasteiger partial charge in [0.05, 0.1) is 5.56 Å². The van der Waals surface area contributed by atoms with Crippen LogP contribution >= 0.6 is 11.8 Å². The molecule has 0 aliphatic carbocycles. The molecule has 9 heteroatoms. The van der Waals surface area contributed by atoms with E-state index in [-0.39, 0.29) is 37.0 Å². The van der Waals surface area contributed by atoms with Gasteiger partial charge in [-0.15, -0.1) is 11.8 Å². The Morgan fingerprint density at radius 2 is 1.81 bits per heavy atom. The molecular formula is C17H18FN3O3S2. The molecule has 3 rings (SSSR count). The van der Waals surface area contributed by atoms with Crippen molar-refractivity contribution in [2.24, 2.45) is 0 Å². The molecule has 0 atom stereocenters. The summed E-state index contributed by atoms with van der Waals surface area (Å²) in [6.07, 6.45) is 3.47. The molecule has 2 aromatic rings. The molecule has 0 unspecified atom stereocenters. The van der Waals surface area contributed by atoms with Gasteiger partial charge in [-0.3, -0.25) is 4.79 Å². The largest absolute Gasteiger partial charge is 0.336 e. The van der Waals surface area contributed by atoms with Crippen LogP contribution in [0.1, 0.15) is 10.4 Å². The van der Waals surface area contributed by atoms with Gasteiger partial charge >= 0.3 is 0 Å². The molecule has 1 aromatic heterocycles. The van der Waals surface area contributed by atoms with Crippen LogP contribution < -0.4 is 0 Å². The third-order valence-corrected chi connectivity index (χ3v) is 6.82. The standard InChI is InChI=1S/C17H18FN3O3S2/c1-25-16-13(5-4-8-19-16)17(22)20-9-11-21(12-10-20)26(23,24)15-7-3-2-6-14(15)18/h2-8H,9-12H2,1H3. The first-order valence-corrected chi connectivity index (χ1v) is 10.6. The summed E-state index contributed by atoms with van der Waals surface area (Å²) >= 11 is 1.38. The van der Waals surface area contributed by atoms with Crippen LogP contribution in [0.5, 0.6) is 0 Å². The lowest BCUT2D eigenvalue weighted by Gasteiger charge is -2.34. The van der Waals surface area contributed by atoms with Gasteiger partial charge in [0, 0.05) is 32.4 Å². The van der Waals surface area contributed by atoms with Crippen LogP contribution in [0.3, 0.4) is 0 Å². The molecule has 138 valence electrons. The molecule has 1 saturated heterocycles. The number of benzene rings is 1. The van der Waals surface area contributed by atoms with Crippen molar-refractivity contribution >= 4 is 27.7 Å². The molecule has 0 saturated carbocycles. The quantitative estimate of drug-likeness (QED) is 0.742. The number of sulfonamides is 1. The van der Waals surface area contributed by atoms with Crippen LogP contribution in [0.4, 0.5) is 4.39 Å². The molecule has 1 aromatic carbocycles. The van der Waals surface area contributed by atoms with Crippen molar-refractivity contribution in [3.8, 4) is 0 Å². The highest BCUT2D eigenvalue weighted by Gasteiger charge is 2.32. The van der Waals surface area contributed by atoms with E-state index in [1.807, 2.05) is 6.26 Å². The Hall–Kier alpha value is -1.97. The Morgan fingerprint density at radius 3 is 2.46 bits per heavy atom. The third kappa shape index (κ3) is 3.60. The van der Waals surface area contributed by atoms with Gasteiger partial charge in [0.2, 0.25) is 10.0 Å². The Kier molecular flexibility index (Phi) is 5.59. The van der Waals surface area contributed by atoms with Crippen molar-refractivity contribution in [1.82, 2.24) is 14.2 Å². The number of carbonyl (C=O) groups is 1. The summed E-state index contributed by atoms with van der Waals surface area (Å²) in [7, 11) is -3.92. The van der Waals surface area contributed by atoms with Gasteiger partial charge in [-0.25, -0.2) is 17.8 Å². The van der Waals surface area contributed by atoms with Crippen LogP contribution in [0.25, 0.3) is 0 Å². The van der Waals surface area contributed by atoms with Crippen molar-refractivity contribution in [1.29, 1.82) is 0 Å². The van der Waals surface area contributed by atoms with Gasteiger partial charge in [-0.1, -0.05) is 12.1 Å². The molecule has 0 radical (unpaired) electrons. The van der Waals surface area contributed by atoms with Crippen molar-refractivity contribution < 1.29 is 17.6 Å². The number of carbonyl (C=O) groups excluding carboxylic acids is 1. The predicted octanol–water partition coefficient (Wildman–Crippen LogP) is 2.09. The molecule has 2 heterocycles. The van der Waals surface area contributed by atoms with Gasteiger partial charge in [-0.2, -0.15) is 4.31 Å². The van der Waals surface area contributed by atoms with E-state index in [1.165, 1.54) is 34.3 Å². The maximum absolute atomic E-state index is 13.9. The van der Waals surface area contributed by atoms with Gasteiger partial charge < -0.3 is 4.90 Å². The van der Waals surface area contributed by atoms with E-state index >= 15 is 0 Å². The average molecular weight is 395 g/mol. The summed E-state index contributed by atoms with van der Waals surface area (Å²) in [5.74, 6) is -0.948. The zero-order chi connectivity index (χ0) is 18.7. The van der Waals surface area contributed by atoms with Gasteiger partial charge in [0.15, 0.2) is 0 Å². The molecule has 1 fully saturated rings. The predicted molar refractivity (Wildman–Crippen MR) is 97.1 cm³/mol. The summed E-state index contributed by atoms with van der Waals surface area (Å²) in [4.78, 5) is 18.2. The van der Waals surface area contributed by atoms with E-state index < -0.39 is 15.8 Å². The SMILES string of the molecule is CSc1ncccc1C(=O)N1CCN(S(=O)(=O)c2ccccc2F)CC1. The summed E-state index contributed by atoms with van der Waals surface area (Å²) in [6, 6.07) is 8.72. The first kappa shape index (κ1) is 18.8. The van der Waals surface area contributed by atoms with E-state index in [0.717, 1.165) is 6.07 Å². The molecule has 6 nitrogen and oxygen atoms in total. The topological polar surface area (TPSA) is 70.6 Å². The van der Waals surface area contributed by atoms with Crippen molar-refractivity contribution in [2.45, 2.75) is 9.92 Å². The zero-order valence-corrected chi connectivity index (χ0v) is 15.8. The van der Waals surface area contributed by atoms with E-state index in [9.17, 15) is 17.6 Å². The maximum Gasteiger partial charge on any atom is 0.256 e. The molecule has 0 N–H and O–H groups in total. The number of aromatic nitrogens is 1. The smallest absolute Gasteiger partial charge is 0.256 e. The fourth-order valence-electron chi connectivity index (χ4n) is 2.81. The Labute approximate surface area is 156 Å². The number of amides is 1.